The molecule has 5 heteroatoms. The Balaban J connectivity index is 2.96. The molecule has 0 unspecified atom stereocenters. The maximum atomic E-state index is 13.1. The monoisotopic (exact) mass is 212 g/mol. The molecule has 0 aromatic heterocycles. The second-order valence-corrected chi connectivity index (χ2v) is 2.81. The highest BCUT2D eigenvalue weighted by atomic mass is 19.1. The minimum atomic E-state index is -0.857. The average Bonchev–Trinajstić information content (AvgIpc) is 2.17. The zero-order valence-corrected chi connectivity index (χ0v) is 7.99. The number of rotatable bonds is 3. The Bertz CT molecular complexity index is 380. The summed E-state index contributed by atoms with van der Waals surface area (Å²) < 4.78 is 17.4. The van der Waals surface area contributed by atoms with Gasteiger partial charge in [0, 0.05) is 0 Å². The summed E-state index contributed by atoms with van der Waals surface area (Å²) in [6.07, 6.45) is -0.592. The number of esters is 1. The number of methoxy groups -OCH3 is 1. The third kappa shape index (κ3) is 2.52. The third-order valence-corrected chi connectivity index (χ3v) is 1.80. The summed E-state index contributed by atoms with van der Waals surface area (Å²) in [4.78, 5) is 22.1. The predicted octanol–water partition coefficient (Wildman–Crippen LogP) is 1.28. The summed E-state index contributed by atoms with van der Waals surface area (Å²) in [5.74, 6) is -2.92. The van der Waals surface area contributed by atoms with Gasteiger partial charge < -0.3 is 9.84 Å². The van der Waals surface area contributed by atoms with Crippen LogP contribution < -0.4 is 0 Å². The number of ketones is 1. The van der Waals surface area contributed by atoms with Crippen molar-refractivity contribution in [2.45, 2.75) is 6.42 Å². The Morgan fingerprint density at radius 1 is 1.47 bits per heavy atom. The van der Waals surface area contributed by atoms with Crippen LogP contribution in [0.4, 0.5) is 4.39 Å². The first-order valence-electron chi connectivity index (χ1n) is 4.13. The van der Waals surface area contributed by atoms with Crippen LogP contribution in [0.25, 0.3) is 0 Å². The van der Waals surface area contributed by atoms with E-state index in [0.717, 1.165) is 13.2 Å². The fourth-order valence-electron chi connectivity index (χ4n) is 1.08. The van der Waals surface area contributed by atoms with E-state index < -0.39 is 35.3 Å². The van der Waals surface area contributed by atoms with Gasteiger partial charge in [-0.1, -0.05) is 6.07 Å². The molecule has 0 aliphatic carbocycles. The molecule has 0 aliphatic rings. The number of ether oxygens (including phenoxy) is 1. The van der Waals surface area contributed by atoms with E-state index in [4.69, 9.17) is 0 Å². The maximum absolute atomic E-state index is 13.1. The molecule has 0 saturated carbocycles. The van der Waals surface area contributed by atoms with E-state index in [1.807, 2.05) is 0 Å². The van der Waals surface area contributed by atoms with Gasteiger partial charge >= 0.3 is 5.97 Å². The van der Waals surface area contributed by atoms with E-state index in [0.29, 0.717) is 0 Å². The first kappa shape index (κ1) is 11.2. The summed E-state index contributed by atoms with van der Waals surface area (Å²) in [5.41, 5.74) is -0.483. The number of hydrogen-bond donors (Lipinski definition) is 1. The normalized spacial score (nSPS) is 9.73. The van der Waals surface area contributed by atoms with Crippen LogP contribution >= 0.6 is 0 Å². The van der Waals surface area contributed by atoms with Crippen LogP contribution in [-0.4, -0.2) is 24.0 Å². The highest BCUT2D eigenvalue weighted by Gasteiger charge is 2.19. The van der Waals surface area contributed by atoms with Crippen LogP contribution in [0, 0.1) is 5.82 Å². The molecule has 0 spiro atoms. The average molecular weight is 212 g/mol. The van der Waals surface area contributed by atoms with Gasteiger partial charge in [-0.25, -0.2) is 4.39 Å². The van der Waals surface area contributed by atoms with E-state index in [2.05, 4.69) is 4.74 Å². The van der Waals surface area contributed by atoms with Crippen molar-refractivity contribution in [2.24, 2.45) is 0 Å². The summed E-state index contributed by atoms with van der Waals surface area (Å²) in [6, 6.07) is 3.47. The highest BCUT2D eigenvalue weighted by Crippen LogP contribution is 2.21. The van der Waals surface area contributed by atoms with E-state index >= 15 is 0 Å². The predicted molar refractivity (Wildman–Crippen MR) is 49.0 cm³/mol. The zero-order chi connectivity index (χ0) is 11.4. The molecule has 0 saturated heterocycles. The second kappa shape index (κ2) is 4.54. The Morgan fingerprint density at radius 3 is 2.67 bits per heavy atom. The van der Waals surface area contributed by atoms with E-state index in [-0.39, 0.29) is 0 Å². The van der Waals surface area contributed by atoms with Crippen molar-refractivity contribution in [3.05, 3.63) is 29.6 Å². The van der Waals surface area contributed by atoms with Gasteiger partial charge in [0.2, 0.25) is 0 Å². The smallest absolute Gasteiger partial charge is 0.313 e. The van der Waals surface area contributed by atoms with Crippen molar-refractivity contribution >= 4 is 11.8 Å². The van der Waals surface area contributed by atoms with Gasteiger partial charge in [0.25, 0.3) is 0 Å². The molecule has 0 heterocycles. The van der Waals surface area contributed by atoms with Crippen molar-refractivity contribution in [1.82, 2.24) is 0 Å². The summed E-state index contributed by atoms with van der Waals surface area (Å²) >= 11 is 0. The van der Waals surface area contributed by atoms with Crippen molar-refractivity contribution in [3.63, 3.8) is 0 Å². The van der Waals surface area contributed by atoms with Crippen molar-refractivity contribution in [1.29, 1.82) is 0 Å². The largest absolute Gasteiger partial charge is 0.507 e. The fraction of sp³-hybridized carbons (Fsp3) is 0.200. The molecule has 0 bridgehead atoms. The van der Waals surface area contributed by atoms with Crippen LogP contribution in [-0.2, 0) is 9.53 Å². The van der Waals surface area contributed by atoms with Gasteiger partial charge in [-0.05, 0) is 12.1 Å². The Morgan fingerprint density at radius 2 is 2.13 bits per heavy atom. The standard InChI is InChI=1S/C10H9FO4/c1-15-9(14)5-8(13)10-6(11)3-2-4-7(10)12/h2-4,12H,5H2,1H3. The number of carbonyl (C=O) groups is 2. The van der Waals surface area contributed by atoms with Gasteiger partial charge in [-0.3, -0.25) is 9.59 Å². The minimum Gasteiger partial charge on any atom is -0.507 e. The highest BCUT2D eigenvalue weighted by molar-refractivity contribution is 6.07. The molecular weight excluding hydrogens is 203 g/mol. The SMILES string of the molecule is COC(=O)CC(=O)c1c(O)cccc1F. The Hall–Kier alpha value is -1.91. The van der Waals surface area contributed by atoms with Crippen molar-refractivity contribution in [3.8, 4) is 5.75 Å². The maximum Gasteiger partial charge on any atom is 0.313 e. The molecule has 1 aromatic carbocycles. The van der Waals surface area contributed by atoms with E-state index in [1.54, 1.807) is 0 Å². The van der Waals surface area contributed by atoms with Crippen LogP contribution in [0.2, 0.25) is 0 Å². The topological polar surface area (TPSA) is 63.6 Å². The molecule has 0 atom stereocenters. The zero-order valence-electron chi connectivity index (χ0n) is 7.99. The lowest BCUT2D eigenvalue weighted by atomic mass is 10.1. The fourth-order valence-corrected chi connectivity index (χ4v) is 1.08. The number of aromatic hydroxyl groups is 1. The lowest BCUT2D eigenvalue weighted by Gasteiger charge is -2.03. The molecule has 0 radical (unpaired) electrons. The van der Waals surface area contributed by atoms with Crippen LogP contribution in [0.3, 0.4) is 0 Å². The van der Waals surface area contributed by atoms with E-state index in [1.165, 1.54) is 12.1 Å². The molecule has 1 aromatic rings. The third-order valence-electron chi connectivity index (χ3n) is 1.80. The quantitative estimate of drug-likeness (QED) is 0.465. The van der Waals surface area contributed by atoms with Gasteiger partial charge in [0.1, 0.15) is 18.0 Å². The Kier molecular flexibility index (Phi) is 3.38. The lowest BCUT2D eigenvalue weighted by Crippen LogP contribution is -2.11. The number of halogens is 1. The number of Topliss-reactive ketones (excluding diaryl/α,β-unsaturated/α-hetero) is 1. The van der Waals surface area contributed by atoms with Crippen molar-refractivity contribution < 1.29 is 23.8 Å². The van der Waals surface area contributed by atoms with E-state index in [9.17, 15) is 19.1 Å². The van der Waals surface area contributed by atoms with Gasteiger partial charge in [-0.2, -0.15) is 0 Å². The molecular formula is C10H9FO4. The van der Waals surface area contributed by atoms with Gasteiger partial charge in [0.15, 0.2) is 5.78 Å². The summed E-state index contributed by atoms with van der Waals surface area (Å²) in [7, 11) is 1.12. The summed E-state index contributed by atoms with van der Waals surface area (Å²) in [6.45, 7) is 0. The Labute approximate surface area is 85.3 Å². The minimum absolute atomic E-state index is 0.482. The summed E-state index contributed by atoms with van der Waals surface area (Å²) in [5, 5.41) is 9.23. The van der Waals surface area contributed by atoms with Gasteiger partial charge in [-0.15, -0.1) is 0 Å². The van der Waals surface area contributed by atoms with Crippen molar-refractivity contribution in [2.75, 3.05) is 7.11 Å². The molecule has 0 aliphatic heterocycles. The molecule has 15 heavy (non-hydrogen) atoms. The first-order valence-corrected chi connectivity index (χ1v) is 4.13. The lowest BCUT2D eigenvalue weighted by molar-refractivity contribution is -0.139. The molecule has 0 fully saturated rings. The van der Waals surface area contributed by atoms with Crippen LogP contribution in [0.5, 0.6) is 5.75 Å². The molecule has 1 rings (SSSR count). The molecule has 4 nitrogen and oxygen atoms in total. The number of benzene rings is 1. The molecule has 0 amide bonds. The molecule has 1 N–H and O–H groups in total. The number of phenolic OH excluding ortho intramolecular Hbond substituents is 1. The number of phenols is 1. The van der Waals surface area contributed by atoms with Gasteiger partial charge in [0.05, 0.1) is 12.7 Å². The van der Waals surface area contributed by atoms with Crippen LogP contribution in [0.1, 0.15) is 16.8 Å². The second-order valence-electron chi connectivity index (χ2n) is 2.81. The number of hydrogen-bond acceptors (Lipinski definition) is 4. The number of carbonyl (C=O) groups excluding carboxylic acids is 2. The molecule has 80 valence electrons. The van der Waals surface area contributed by atoms with Crippen LogP contribution in [0.15, 0.2) is 18.2 Å². The first-order chi connectivity index (χ1) is 7.06.